The number of aromatic nitrogens is 4. The van der Waals surface area contributed by atoms with E-state index in [1.165, 1.54) is 12.8 Å². The van der Waals surface area contributed by atoms with Crippen LogP contribution in [0.3, 0.4) is 0 Å². The average molecular weight is 241 g/mol. The SMILES string of the molecule is C(=C/N1CCCC1)/c1nnnn1-c1ccccc1. The van der Waals surface area contributed by atoms with Gasteiger partial charge in [0, 0.05) is 25.4 Å². The molecule has 0 atom stereocenters. The third-order valence-corrected chi connectivity index (χ3v) is 3.07. The number of tetrazole rings is 1. The summed E-state index contributed by atoms with van der Waals surface area (Å²) in [6.07, 6.45) is 6.60. The van der Waals surface area contributed by atoms with Gasteiger partial charge in [-0.25, -0.2) is 0 Å². The topological polar surface area (TPSA) is 46.8 Å². The van der Waals surface area contributed by atoms with Crippen LogP contribution in [0.1, 0.15) is 18.7 Å². The third kappa shape index (κ3) is 2.25. The summed E-state index contributed by atoms with van der Waals surface area (Å²) in [5.74, 6) is 0.758. The summed E-state index contributed by atoms with van der Waals surface area (Å²) in [7, 11) is 0. The maximum atomic E-state index is 4.04. The molecule has 1 aliphatic heterocycles. The van der Waals surface area contributed by atoms with E-state index in [1.54, 1.807) is 4.68 Å². The number of likely N-dealkylation sites (tertiary alicyclic amines) is 1. The molecule has 5 heteroatoms. The molecule has 1 aromatic carbocycles. The van der Waals surface area contributed by atoms with Crippen LogP contribution in [0.15, 0.2) is 36.5 Å². The standard InChI is InChI=1S/C13H15N5/c1-2-6-12(7-3-1)18-13(14-15-16-18)8-11-17-9-4-5-10-17/h1-3,6-8,11H,4-5,9-10H2/b11-8-. The van der Waals surface area contributed by atoms with Gasteiger partial charge in [-0.1, -0.05) is 18.2 Å². The van der Waals surface area contributed by atoms with E-state index in [4.69, 9.17) is 0 Å². The number of hydrogen-bond donors (Lipinski definition) is 0. The maximum absolute atomic E-state index is 4.04. The fourth-order valence-corrected chi connectivity index (χ4v) is 2.11. The monoisotopic (exact) mass is 241 g/mol. The Kier molecular flexibility index (Phi) is 3.04. The molecular weight excluding hydrogens is 226 g/mol. The summed E-state index contributed by atoms with van der Waals surface area (Å²) in [6.45, 7) is 2.26. The highest BCUT2D eigenvalue weighted by atomic mass is 15.5. The molecule has 18 heavy (non-hydrogen) atoms. The van der Waals surface area contributed by atoms with Gasteiger partial charge in [0.25, 0.3) is 0 Å². The molecule has 1 fully saturated rings. The molecular formula is C13H15N5. The highest BCUT2D eigenvalue weighted by molar-refractivity contribution is 5.43. The highest BCUT2D eigenvalue weighted by Crippen LogP contribution is 2.11. The minimum atomic E-state index is 0.758. The summed E-state index contributed by atoms with van der Waals surface area (Å²) >= 11 is 0. The van der Waals surface area contributed by atoms with Crippen molar-refractivity contribution in [3.8, 4) is 5.69 Å². The number of rotatable bonds is 3. The second kappa shape index (κ2) is 5.00. The van der Waals surface area contributed by atoms with Crippen molar-refractivity contribution in [1.82, 2.24) is 25.1 Å². The normalized spacial score (nSPS) is 15.7. The lowest BCUT2D eigenvalue weighted by atomic mass is 10.3. The first-order valence-electron chi connectivity index (χ1n) is 6.19. The van der Waals surface area contributed by atoms with Crippen molar-refractivity contribution in [3.63, 3.8) is 0 Å². The van der Waals surface area contributed by atoms with Gasteiger partial charge in [-0.2, -0.15) is 4.68 Å². The molecule has 0 bridgehead atoms. The highest BCUT2D eigenvalue weighted by Gasteiger charge is 2.08. The predicted octanol–water partition coefficient (Wildman–Crippen LogP) is 1.73. The van der Waals surface area contributed by atoms with Gasteiger partial charge < -0.3 is 4.90 Å². The molecule has 0 spiro atoms. The second-order valence-corrected chi connectivity index (χ2v) is 4.34. The molecule has 0 unspecified atom stereocenters. The lowest BCUT2D eigenvalue weighted by Gasteiger charge is -2.09. The molecule has 2 aromatic rings. The van der Waals surface area contributed by atoms with Crippen molar-refractivity contribution in [2.24, 2.45) is 0 Å². The lowest BCUT2D eigenvalue weighted by molar-refractivity contribution is 0.470. The van der Waals surface area contributed by atoms with E-state index in [9.17, 15) is 0 Å². The van der Waals surface area contributed by atoms with Gasteiger partial charge in [-0.3, -0.25) is 0 Å². The van der Waals surface area contributed by atoms with E-state index in [2.05, 4.69) is 26.6 Å². The molecule has 1 aliphatic rings. The number of nitrogens with zero attached hydrogens (tertiary/aromatic N) is 5. The number of hydrogen-bond acceptors (Lipinski definition) is 4. The average Bonchev–Trinajstić information content (AvgIpc) is 3.09. The number of benzene rings is 1. The van der Waals surface area contributed by atoms with Crippen molar-refractivity contribution >= 4 is 6.08 Å². The van der Waals surface area contributed by atoms with E-state index < -0.39 is 0 Å². The number of para-hydroxylation sites is 1. The van der Waals surface area contributed by atoms with Crippen molar-refractivity contribution in [2.75, 3.05) is 13.1 Å². The molecule has 1 saturated heterocycles. The van der Waals surface area contributed by atoms with Gasteiger partial charge >= 0.3 is 0 Å². The fraction of sp³-hybridized carbons (Fsp3) is 0.308. The van der Waals surface area contributed by atoms with Crippen molar-refractivity contribution < 1.29 is 0 Å². The van der Waals surface area contributed by atoms with Crippen LogP contribution in [0.25, 0.3) is 11.8 Å². The van der Waals surface area contributed by atoms with Crippen molar-refractivity contribution in [1.29, 1.82) is 0 Å². The molecule has 3 rings (SSSR count). The Morgan fingerprint density at radius 1 is 1.06 bits per heavy atom. The van der Waals surface area contributed by atoms with E-state index in [0.717, 1.165) is 24.6 Å². The summed E-state index contributed by atoms with van der Waals surface area (Å²) in [5, 5.41) is 11.8. The zero-order chi connectivity index (χ0) is 12.2. The van der Waals surface area contributed by atoms with Crippen LogP contribution < -0.4 is 0 Å². The van der Waals surface area contributed by atoms with Crippen LogP contribution in [-0.2, 0) is 0 Å². The Bertz CT molecular complexity index is 525. The van der Waals surface area contributed by atoms with Crippen LogP contribution in [0.2, 0.25) is 0 Å². The van der Waals surface area contributed by atoms with Crippen LogP contribution in [0.5, 0.6) is 0 Å². The van der Waals surface area contributed by atoms with Crippen LogP contribution in [0, 0.1) is 0 Å². The van der Waals surface area contributed by atoms with Gasteiger partial charge in [-0.05, 0) is 35.4 Å². The smallest absolute Gasteiger partial charge is 0.181 e. The zero-order valence-corrected chi connectivity index (χ0v) is 10.1. The molecule has 0 N–H and O–H groups in total. The lowest BCUT2D eigenvalue weighted by Crippen LogP contribution is -2.10. The third-order valence-electron chi connectivity index (χ3n) is 3.07. The molecule has 5 nitrogen and oxygen atoms in total. The summed E-state index contributed by atoms with van der Waals surface area (Å²) in [4.78, 5) is 2.30. The summed E-state index contributed by atoms with van der Waals surface area (Å²) < 4.78 is 1.74. The fourth-order valence-electron chi connectivity index (χ4n) is 2.11. The molecule has 1 aromatic heterocycles. The molecule has 0 aliphatic carbocycles. The van der Waals surface area contributed by atoms with Gasteiger partial charge in [-0.15, -0.1) is 5.10 Å². The second-order valence-electron chi connectivity index (χ2n) is 4.34. The minimum absolute atomic E-state index is 0.758. The first kappa shape index (κ1) is 11.0. The Morgan fingerprint density at radius 3 is 2.61 bits per heavy atom. The maximum Gasteiger partial charge on any atom is 0.181 e. The van der Waals surface area contributed by atoms with Gasteiger partial charge in [0.15, 0.2) is 5.82 Å². The molecule has 0 saturated carbocycles. The first-order chi connectivity index (χ1) is 8.93. The Morgan fingerprint density at radius 2 is 1.83 bits per heavy atom. The van der Waals surface area contributed by atoms with Gasteiger partial charge in [0.1, 0.15) is 0 Å². The predicted molar refractivity (Wildman–Crippen MR) is 69.0 cm³/mol. The zero-order valence-electron chi connectivity index (χ0n) is 10.1. The largest absolute Gasteiger partial charge is 0.377 e. The molecule has 92 valence electrons. The minimum Gasteiger partial charge on any atom is -0.377 e. The van der Waals surface area contributed by atoms with E-state index >= 15 is 0 Å². The van der Waals surface area contributed by atoms with Crippen LogP contribution in [-0.4, -0.2) is 38.2 Å². The van der Waals surface area contributed by atoms with Crippen LogP contribution >= 0.6 is 0 Å². The molecule has 0 radical (unpaired) electrons. The van der Waals surface area contributed by atoms with Crippen molar-refractivity contribution in [3.05, 3.63) is 42.4 Å². The van der Waals surface area contributed by atoms with E-state index in [1.807, 2.05) is 36.4 Å². The molecule has 2 heterocycles. The van der Waals surface area contributed by atoms with Crippen LogP contribution in [0.4, 0.5) is 0 Å². The molecule has 0 amide bonds. The van der Waals surface area contributed by atoms with E-state index in [-0.39, 0.29) is 0 Å². The first-order valence-corrected chi connectivity index (χ1v) is 6.19. The van der Waals surface area contributed by atoms with Gasteiger partial charge in [0.2, 0.25) is 0 Å². The Hall–Kier alpha value is -2.17. The summed E-state index contributed by atoms with van der Waals surface area (Å²) in [5.41, 5.74) is 0.976. The Balaban J connectivity index is 1.83. The van der Waals surface area contributed by atoms with Gasteiger partial charge in [0.05, 0.1) is 5.69 Å². The Labute approximate surface area is 106 Å². The quantitative estimate of drug-likeness (QED) is 0.821. The van der Waals surface area contributed by atoms with Crippen molar-refractivity contribution in [2.45, 2.75) is 12.8 Å². The summed E-state index contributed by atoms with van der Waals surface area (Å²) in [6, 6.07) is 9.91. The van der Waals surface area contributed by atoms with E-state index in [0.29, 0.717) is 0 Å².